The Labute approximate surface area is 228 Å². The average Bonchev–Trinajstić information content (AvgIpc) is 3.54. The van der Waals surface area contributed by atoms with Crippen LogP contribution in [0.2, 0.25) is 0 Å². The Kier molecular flexibility index (Phi) is 6.53. The minimum atomic E-state index is -0.531. The molecule has 0 atom stereocenters. The second kappa shape index (κ2) is 10.2. The van der Waals surface area contributed by atoms with E-state index in [9.17, 15) is 9.59 Å². The van der Waals surface area contributed by atoms with E-state index in [0.717, 1.165) is 58.0 Å². The van der Waals surface area contributed by atoms with Crippen molar-refractivity contribution >= 4 is 11.8 Å². The van der Waals surface area contributed by atoms with Crippen molar-refractivity contribution in [3.63, 3.8) is 0 Å². The van der Waals surface area contributed by atoms with E-state index in [1.54, 1.807) is 17.3 Å². The Balaban J connectivity index is 1.19. The number of piperidine rings is 1. The first-order valence-corrected chi connectivity index (χ1v) is 13.4. The Hall–Kier alpha value is -4.23. The third-order valence-corrected chi connectivity index (χ3v) is 8.30. The van der Waals surface area contributed by atoms with Gasteiger partial charge in [0.25, 0.3) is 5.91 Å². The minimum Gasteiger partial charge on any atom is -0.460 e. The Morgan fingerprint density at radius 1 is 0.923 bits per heavy atom. The van der Waals surface area contributed by atoms with E-state index in [4.69, 9.17) is 10.2 Å². The molecule has 2 aromatic heterocycles. The zero-order valence-electron chi connectivity index (χ0n) is 22.1. The molecule has 2 amide bonds. The fourth-order valence-corrected chi connectivity index (χ4v) is 6.03. The highest BCUT2D eigenvalue weighted by Gasteiger charge is 2.40. The number of nitrogens with two attached hydrogens (primary N) is 1. The number of primary amides is 1. The topological polar surface area (TPSA) is 92.7 Å². The summed E-state index contributed by atoms with van der Waals surface area (Å²) in [5.41, 5.74) is 11.4. The van der Waals surface area contributed by atoms with Crippen LogP contribution >= 0.6 is 0 Å². The number of fused-ring (bicyclic) bond motifs is 1. The maximum Gasteiger partial charge on any atom is 0.254 e. The number of carbonyl (C=O) groups is 2. The molecule has 6 rings (SSSR count). The van der Waals surface area contributed by atoms with E-state index < -0.39 is 5.41 Å². The molecular formula is C32H32N4O3. The van der Waals surface area contributed by atoms with Gasteiger partial charge in [-0.15, -0.1) is 0 Å². The van der Waals surface area contributed by atoms with Crippen molar-refractivity contribution < 1.29 is 14.0 Å². The number of hydrogen-bond donors (Lipinski definition) is 1. The number of rotatable bonds is 7. The summed E-state index contributed by atoms with van der Waals surface area (Å²) in [6, 6.07) is 22.1. The number of aromatic nitrogens is 1. The maximum atomic E-state index is 12.6. The van der Waals surface area contributed by atoms with Crippen molar-refractivity contribution in [2.45, 2.75) is 32.4 Å². The Morgan fingerprint density at radius 3 is 2.36 bits per heavy atom. The monoisotopic (exact) mass is 520 g/mol. The number of carbonyl (C=O) groups excluding carboxylic acids is 2. The molecule has 2 aliphatic rings. The van der Waals surface area contributed by atoms with E-state index in [-0.39, 0.29) is 11.8 Å². The summed E-state index contributed by atoms with van der Waals surface area (Å²) in [4.78, 5) is 33.2. The molecule has 0 saturated carbocycles. The van der Waals surface area contributed by atoms with Crippen LogP contribution in [-0.4, -0.2) is 46.7 Å². The van der Waals surface area contributed by atoms with Crippen LogP contribution in [0.25, 0.3) is 22.5 Å². The van der Waals surface area contributed by atoms with Crippen LogP contribution in [-0.2, 0) is 24.3 Å². The number of pyridine rings is 1. The number of amides is 2. The molecular weight excluding hydrogens is 488 g/mol. The van der Waals surface area contributed by atoms with E-state index >= 15 is 0 Å². The van der Waals surface area contributed by atoms with E-state index in [0.29, 0.717) is 32.4 Å². The normalized spacial score (nSPS) is 16.8. The molecule has 4 heterocycles. The van der Waals surface area contributed by atoms with Gasteiger partial charge in [-0.25, -0.2) is 0 Å². The van der Waals surface area contributed by atoms with Crippen molar-refractivity contribution in [2.75, 3.05) is 20.1 Å². The van der Waals surface area contributed by atoms with Crippen LogP contribution in [0.5, 0.6) is 0 Å². The van der Waals surface area contributed by atoms with E-state index in [2.05, 4.69) is 28.1 Å². The number of nitrogens with zero attached hydrogens (tertiary/aromatic N) is 3. The van der Waals surface area contributed by atoms with Gasteiger partial charge in [0.2, 0.25) is 5.91 Å². The van der Waals surface area contributed by atoms with Crippen molar-refractivity contribution in [3.8, 4) is 22.5 Å². The van der Waals surface area contributed by atoms with Gasteiger partial charge < -0.3 is 15.1 Å². The van der Waals surface area contributed by atoms with Crippen molar-refractivity contribution in [3.05, 3.63) is 102 Å². The van der Waals surface area contributed by atoms with Crippen LogP contribution in [0.3, 0.4) is 0 Å². The van der Waals surface area contributed by atoms with Gasteiger partial charge in [-0.1, -0.05) is 36.4 Å². The van der Waals surface area contributed by atoms with Gasteiger partial charge in [0.05, 0.1) is 12.0 Å². The fourth-order valence-electron chi connectivity index (χ4n) is 6.03. The minimum absolute atomic E-state index is 0.0623. The molecule has 7 nitrogen and oxygen atoms in total. The highest BCUT2D eigenvalue weighted by Crippen LogP contribution is 2.39. The largest absolute Gasteiger partial charge is 0.460 e. The van der Waals surface area contributed by atoms with Crippen LogP contribution in [0.15, 0.2) is 83.5 Å². The maximum absolute atomic E-state index is 12.6. The quantitative estimate of drug-likeness (QED) is 0.374. The molecule has 2 aliphatic heterocycles. The van der Waals surface area contributed by atoms with Gasteiger partial charge in [-0.3, -0.25) is 19.5 Å². The highest BCUT2D eigenvalue weighted by molar-refractivity contribution is 6.01. The standard InChI is InChI=1S/C32H32N4O3/c1-35-21-28-25(7-4-8-27(28)30(35)37)24-5-2-3-6-26(24)29-10-9-23(39-29)20-36-17-13-32(14-18-36,31(33)38)19-22-11-15-34-16-12-22/h2-12,15-16H,13-14,17-21H2,1H3,(H2,33,38). The molecule has 2 N–H and O–H groups in total. The van der Waals surface area contributed by atoms with Crippen LogP contribution < -0.4 is 5.73 Å². The van der Waals surface area contributed by atoms with Gasteiger partial charge in [0, 0.05) is 37.1 Å². The van der Waals surface area contributed by atoms with Gasteiger partial charge in [-0.2, -0.15) is 0 Å². The van der Waals surface area contributed by atoms with Crippen molar-refractivity contribution in [1.82, 2.24) is 14.8 Å². The first kappa shape index (κ1) is 25.1. The smallest absolute Gasteiger partial charge is 0.254 e. The molecule has 1 saturated heterocycles. The van der Waals surface area contributed by atoms with Crippen LogP contribution in [0.4, 0.5) is 0 Å². The Morgan fingerprint density at radius 2 is 1.62 bits per heavy atom. The summed E-state index contributed by atoms with van der Waals surface area (Å²) in [7, 11) is 1.84. The number of hydrogen-bond acceptors (Lipinski definition) is 5. The molecule has 0 spiro atoms. The van der Waals surface area contributed by atoms with Gasteiger partial charge in [0.15, 0.2) is 0 Å². The Bertz CT molecular complexity index is 1520. The first-order chi connectivity index (χ1) is 18.9. The van der Waals surface area contributed by atoms with Crippen molar-refractivity contribution in [2.24, 2.45) is 11.1 Å². The lowest BCUT2D eigenvalue weighted by Crippen LogP contribution is -2.48. The molecule has 1 fully saturated rings. The highest BCUT2D eigenvalue weighted by atomic mass is 16.3. The summed E-state index contributed by atoms with van der Waals surface area (Å²) in [5, 5.41) is 0. The predicted octanol–water partition coefficient (Wildman–Crippen LogP) is 4.90. The lowest BCUT2D eigenvalue weighted by molar-refractivity contribution is -0.130. The SMILES string of the molecule is CN1Cc2c(cccc2-c2ccccc2-c2ccc(CN3CCC(Cc4ccncc4)(C(N)=O)CC3)o2)C1=O. The number of likely N-dealkylation sites (tertiary alicyclic amines) is 1. The zero-order chi connectivity index (χ0) is 27.0. The van der Waals surface area contributed by atoms with Gasteiger partial charge in [0.1, 0.15) is 11.5 Å². The molecule has 39 heavy (non-hydrogen) atoms. The van der Waals surface area contributed by atoms with Gasteiger partial charge in [-0.05, 0) is 84.9 Å². The fraction of sp³-hybridized carbons (Fsp3) is 0.281. The molecule has 0 unspecified atom stereocenters. The molecule has 7 heteroatoms. The van der Waals surface area contributed by atoms with E-state index in [1.165, 1.54) is 0 Å². The zero-order valence-corrected chi connectivity index (χ0v) is 22.1. The van der Waals surface area contributed by atoms with Crippen LogP contribution in [0.1, 0.15) is 40.1 Å². The molecule has 0 bridgehead atoms. The predicted molar refractivity (Wildman–Crippen MR) is 149 cm³/mol. The van der Waals surface area contributed by atoms with Crippen molar-refractivity contribution in [1.29, 1.82) is 0 Å². The molecule has 198 valence electrons. The van der Waals surface area contributed by atoms with Crippen LogP contribution in [0, 0.1) is 5.41 Å². The second-order valence-corrected chi connectivity index (χ2v) is 10.8. The van der Waals surface area contributed by atoms with E-state index in [1.807, 2.05) is 55.6 Å². The van der Waals surface area contributed by atoms with Gasteiger partial charge >= 0.3 is 0 Å². The summed E-state index contributed by atoms with van der Waals surface area (Å²) < 4.78 is 6.37. The summed E-state index contributed by atoms with van der Waals surface area (Å²) >= 11 is 0. The lowest BCUT2D eigenvalue weighted by atomic mass is 9.73. The summed E-state index contributed by atoms with van der Waals surface area (Å²) in [5.74, 6) is 1.52. The third kappa shape index (κ3) is 4.74. The molecule has 0 radical (unpaired) electrons. The molecule has 4 aromatic rings. The summed E-state index contributed by atoms with van der Waals surface area (Å²) in [6.45, 7) is 2.83. The number of benzene rings is 2. The second-order valence-electron chi connectivity index (χ2n) is 10.8. The number of furan rings is 1. The molecule has 2 aromatic carbocycles. The average molecular weight is 521 g/mol. The lowest BCUT2D eigenvalue weighted by Gasteiger charge is -2.39. The molecule has 0 aliphatic carbocycles. The first-order valence-electron chi connectivity index (χ1n) is 13.4. The summed E-state index contributed by atoms with van der Waals surface area (Å²) in [6.07, 6.45) is 5.59. The third-order valence-electron chi connectivity index (χ3n) is 8.30.